The number of hydrogen-bond donors (Lipinski definition) is 0. The van der Waals surface area contributed by atoms with Crippen LogP contribution < -0.4 is 4.90 Å². The number of sulfone groups is 1. The van der Waals surface area contributed by atoms with Crippen molar-refractivity contribution in [2.24, 2.45) is 0 Å². The van der Waals surface area contributed by atoms with E-state index in [-0.39, 0.29) is 11.5 Å². The summed E-state index contributed by atoms with van der Waals surface area (Å²) in [6.07, 6.45) is 0.822. The van der Waals surface area contributed by atoms with Crippen molar-refractivity contribution in [2.75, 3.05) is 17.2 Å². The fourth-order valence-corrected chi connectivity index (χ4v) is 4.30. The average Bonchev–Trinajstić information content (AvgIpc) is 2.83. The zero-order chi connectivity index (χ0) is 18.0. The van der Waals surface area contributed by atoms with Gasteiger partial charge < -0.3 is 4.90 Å². The lowest BCUT2D eigenvalue weighted by Crippen LogP contribution is -2.31. The Balaban J connectivity index is 1.91. The Morgan fingerprint density at radius 2 is 1.76 bits per heavy atom. The van der Waals surface area contributed by atoms with E-state index in [1.165, 1.54) is 12.1 Å². The van der Waals surface area contributed by atoms with E-state index in [9.17, 15) is 22.0 Å². The predicted octanol–water partition coefficient (Wildman–Crippen LogP) is 3.83. The van der Waals surface area contributed by atoms with Crippen LogP contribution in [0.25, 0.3) is 0 Å². The maximum absolute atomic E-state index is 12.8. The summed E-state index contributed by atoms with van der Waals surface area (Å²) < 4.78 is 48.1. The molecule has 0 atom stereocenters. The van der Waals surface area contributed by atoms with Crippen molar-refractivity contribution < 1.29 is 22.0 Å². The van der Waals surface area contributed by atoms with Crippen molar-refractivity contribution in [3.63, 3.8) is 0 Å². The Labute approximate surface area is 148 Å². The van der Waals surface area contributed by atoms with Crippen LogP contribution in [0.5, 0.6) is 0 Å². The lowest BCUT2D eigenvalue weighted by atomic mass is 10.1. The number of benzene rings is 2. The number of halogens is 2. The number of carbonyl (C=O) groups is 1. The molecule has 3 rings (SSSR count). The van der Waals surface area contributed by atoms with Gasteiger partial charge in [-0.25, -0.2) is 8.42 Å². The van der Waals surface area contributed by atoms with Crippen molar-refractivity contribution >= 4 is 33.2 Å². The van der Waals surface area contributed by atoms with Crippen LogP contribution in [-0.2, 0) is 9.84 Å². The molecule has 1 aliphatic rings. The normalized spacial score (nSPS) is 14.9. The van der Waals surface area contributed by atoms with E-state index in [4.69, 9.17) is 0 Å². The van der Waals surface area contributed by atoms with E-state index < -0.39 is 20.5 Å². The molecule has 1 aliphatic heterocycles. The van der Waals surface area contributed by atoms with Gasteiger partial charge >= 0.3 is 5.76 Å². The molecule has 0 bridgehead atoms. The minimum atomic E-state index is -4.66. The first kappa shape index (κ1) is 17.9. The zero-order valence-electron chi connectivity index (χ0n) is 13.1. The van der Waals surface area contributed by atoms with Gasteiger partial charge in [0.25, 0.3) is 5.91 Å². The van der Waals surface area contributed by atoms with Gasteiger partial charge in [-0.05, 0) is 48.6 Å². The van der Waals surface area contributed by atoms with Crippen LogP contribution in [0.3, 0.4) is 0 Å². The SMILES string of the molecule is O=C(c1ccc(S(=O)(=O)C(F)F)cc1)N1CCCSc2ccccc21. The number of amides is 1. The Morgan fingerprint density at radius 1 is 1.08 bits per heavy atom. The number of nitrogens with zero attached hydrogens (tertiary/aromatic N) is 1. The third-order valence-electron chi connectivity index (χ3n) is 3.85. The van der Waals surface area contributed by atoms with Crippen LogP contribution in [0.15, 0.2) is 58.3 Å². The molecular formula is C17H15F2NO3S2. The Hall–Kier alpha value is -1.93. The number of hydrogen-bond acceptors (Lipinski definition) is 4. The van der Waals surface area contributed by atoms with Crippen LogP contribution in [-0.4, -0.2) is 32.4 Å². The highest BCUT2D eigenvalue weighted by Gasteiger charge is 2.27. The van der Waals surface area contributed by atoms with Crippen LogP contribution >= 0.6 is 11.8 Å². The number of carbonyl (C=O) groups excluding carboxylic acids is 1. The maximum atomic E-state index is 12.8. The molecule has 25 heavy (non-hydrogen) atoms. The van der Waals surface area contributed by atoms with E-state index in [2.05, 4.69) is 0 Å². The molecule has 1 amide bonds. The topological polar surface area (TPSA) is 54.5 Å². The molecule has 2 aromatic rings. The van der Waals surface area contributed by atoms with Crippen LogP contribution in [0, 0.1) is 0 Å². The second-order valence-corrected chi connectivity index (χ2v) is 8.51. The fraction of sp³-hybridized carbons (Fsp3) is 0.235. The summed E-state index contributed by atoms with van der Waals surface area (Å²) in [5.41, 5.74) is 1.06. The monoisotopic (exact) mass is 383 g/mol. The van der Waals surface area contributed by atoms with Gasteiger partial charge in [0.1, 0.15) is 0 Å². The molecule has 0 saturated carbocycles. The van der Waals surface area contributed by atoms with Gasteiger partial charge in [0, 0.05) is 17.0 Å². The highest BCUT2D eigenvalue weighted by molar-refractivity contribution is 7.99. The molecule has 0 fully saturated rings. The molecular weight excluding hydrogens is 368 g/mol. The Bertz CT molecular complexity index is 883. The summed E-state index contributed by atoms with van der Waals surface area (Å²) >= 11 is 1.68. The molecule has 4 nitrogen and oxygen atoms in total. The van der Waals surface area contributed by atoms with Crippen LogP contribution in [0.2, 0.25) is 0 Å². The maximum Gasteiger partial charge on any atom is 0.341 e. The summed E-state index contributed by atoms with van der Waals surface area (Å²) in [6, 6.07) is 12.2. The molecule has 0 unspecified atom stereocenters. The number of para-hydroxylation sites is 1. The van der Waals surface area contributed by atoms with Crippen molar-refractivity contribution in [1.82, 2.24) is 0 Å². The molecule has 0 aromatic heterocycles. The lowest BCUT2D eigenvalue weighted by molar-refractivity contribution is 0.0986. The molecule has 0 aliphatic carbocycles. The van der Waals surface area contributed by atoms with E-state index in [1.807, 2.05) is 24.3 Å². The van der Waals surface area contributed by atoms with Gasteiger partial charge in [-0.15, -0.1) is 11.8 Å². The van der Waals surface area contributed by atoms with Gasteiger partial charge in [0.2, 0.25) is 9.84 Å². The second-order valence-electron chi connectivity index (χ2n) is 5.46. The Morgan fingerprint density at radius 3 is 2.44 bits per heavy atom. The van der Waals surface area contributed by atoms with Crippen molar-refractivity contribution in [2.45, 2.75) is 22.0 Å². The van der Waals surface area contributed by atoms with E-state index in [0.29, 0.717) is 6.54 Å². The summed E-state index contributed by atoms with van der Waals surface area (Å²) in [7, 11) is -4.66. The number of alkyl halides is 2. The third kappa shape index (κ3) is 3.55. The molecule has 0 spiro atoms. The number of rotatable bonds is 3. The van der Waals surface area contributed by atoms with Gasteiger partial charge in [0.05, 0.1) is 10.6 Å². The number of thioether (sulfide) groups is 1. The van der Waals surface area contributed by atoms with Crippen molar-refractivity contribution in [3.8, 4) is 0 Å². The second kappa shape index (κ2) is 7.13. The molecule has 0 saturated heterocycles. The Kier molecular flexibility index (Phi) is 5.10. The molecule has 1 heterocycles. The summed E-state index contributed by atoms with van der Waals surface area (Å²) in [5.74, 6) is -2.87. The van der Waals surface area contributed by atoms with Crippen LogP contribution in [0.1, 0.15) is 16.8 Å². The smallest absolute Gasteiger partial charge is 0.307 e. The largest absolute Gasteiger partial charge is 0.341 e. The van der Waals surface area contributed by atoms with Gasteiger partial charge in [-0.2, -0.15) is 8.78 Å². The van der Waals surface area contributed by atoms with Gasteiger partial charge in [-0.3, -0.25) is 4.79 Å². The molecule has 0 N–H and O–H groups in total. The van der Waals surface area contributed by atoms with Crippen molar-refractivity contribution in [1.29, 1.82) is 0 Å². The minimum absolute atomic E-state index is 0.259. The first-order valence-electron chi connectivity index (χ1n) is 7.57. The summed E-state index contributed by atoms with van der Waals surface area (Å²) in [4.78, 5) is 15.0. The van der Waals surface area contributed by atoms with Gasteiger partial charge in [-0.1, -0.05) is 12.1 Å². The molecule has 8 heteroatoms. The molecule has 0 radical (unpaired) electrons. The number of anilines is 1. The minimum Gasteiger partial charge on any atom is -0.307 e. The quantitative estimate of drug-likeness (QED) is 0.808. The van der Waals surface area contributed by atoms with E-state index in [0.717, 1.165) is 34.9 Å². The fourth-order valence-electron chi connectivity index (χ4n) is 2.58. The number of fused-ring (bicyclic) bond motifs is 1. The molecule has 132 valence electrons. The first-order valence-corrected chi connectivity index (χ1v) is 10.1. The summed E-state index contributed by atoms with van der Waals surface area (Å²) in [5, 5.41) is 0. The summed E-state index contributed by atoms with van der Waals surface area (Å²) in [6.45, 7) is 0.542. The average molecular weight is 383 g/mol. The first-order chi connectivity index (χ1) is 11.9. The third-order valence-corrected chi connectivity index (χ3v) is 6.40. The zero-order valence-corrected chi connectivity index (χ0v) is 14.7. The highest BCUT2D eigenvalue weighted by atomic mass is 32.2. The molecule has 2 aromatic carbocycles. The van der Waals surface area contributed by atoms with Gasteiger partial charge in [0.15, 0.2) is 0 Å². The predicted molar refractivity (Wildman–Crippen MR) is 93.1 cm³/mol. The lowest BCUT2D eigenvalue weighted by Gasteiger charge is -2.22. The van der Waals surface area contributed by atoms with E-state index >= 15 is 0 Å². The highest BCUT2D eigenvalue weighted by Crippen LogP contribution is 2.34. The standard InChI is InChI=1S/C17H15F2NO3S2/c18-17(19)25(22,23)13-8-6-12(7-9-13)16(21)20-10-3-11-24-15-5-2-1-4-14(15)20/h1-2,4-9,17H,3,10-11H2. The van der Waals surface area contributed by atoms with Crippen molar-refractivity contribution in [3.05, 3.63) is 54.1 Å². The van der Waals surface area contributed by atoms with E-state index in [1.54, 1.807) is 16.7 Å². The van der Waals surface area contributed by atoms with Crippen LogP contribution in [0.4, 0.5) is 14.5 Å².